The highest BCUT2D eigenvalue weighted by atomic mass is 127. The smallest absolute Gasteiger partial charge is 0.171 e. The standard InChI is InChI=1S/C8H11F3I/c1-5-2-3-7(12)6(4-5)8(9,10)11/h3,5-7H,2,4H2,1H3. The van der Waals surface area contributed by atoms with Gasteiger partial charge in [0, 0.05) is 3.92 Å². The molecular formula is C8H11F3I. The van der Waals surface area contributed by atoms with Gasteiger partial charge in [-0.25, -0.2) is 0 Å². The van der Waals surface area contributed by atoms with Gasteiger partial charge < -0.3 is 0 Å². The average Bonchev–Trinajstić information content (AvgIpc) is 1.92. The maximum atomic E-state index is 12.3. The van der Waals surface area contributed by atoms with E-state index in [9.17, 15) is 13.2 Å². The second-order valence-electron chi connectivity index (χ2n) is 3.40. The Hall–Kier alpha value is 0.520. The molecule has 0 bridgehead atoms. The molecule has 1 fully saturated rings. The first-order chi connectivity index (χ1) is 5.41. The fourth-order valence-corrected chi connectivity index (χ4v) is 2.50. The van der Waals surface area contributed by atoms with Gasteiger partial charge in [-0.15, -0.1) is 0 Å². The van der Waals surface area contributed by atoms with Crippen LogP contribution in [0.15, 0.2) is 0 Å². The summed E-state index contributed by atoms with van der Waals surface area (Å²) in [5, 5.41) is 0. The second kappa shape index (κ2) is 3.72. The lowest BCUT2D eigenvalue weighted by atomic mass is 9.82. The van der Waals surface area contributed by atoms with Gasteiger partial charge in [0.15, 0.2) is 0 Å². The average molecular weight is 291 g/mol. The summed E-state index contributed by atoms with van der Waals surface area (Å²) < 4.78 is 36.7. The van der Waals surface area contributed by atoms with Crippen molar-refractivity contribution in [2.45, 2.75) is 29.9 Å². The molecule has 0 N–H and O–H groups in total. The number of hydrogen-bond acceptors (Lipinski definition) is 0. The van der Waals surface area contributed by atoms with Gasteiger partial charge in [0.25, 0.3) is 0 Å². The first kappa shape index (κ1) is 10.6. The van der Waals surface area contributed by atoms with E-state index in [1.165, 1.54) is 0 Å². The Kier molecular flexibility index (Phi) is 3.28. The van der Waals surface area contributed by atoms with Gasteiger partial charge in [-0.1, -0.05) is 29.5 Å². The highest BCUT2D eigenvalue weighted by molar-refractivity contribution is 14.1. The van der Waals surface area contributed by atoms with Crippen LogP contribution in [0.25, 0.3) is 0 Å². The Bertz CT molecular complexity index is 155. The third-order valence-corrected chi connectivity index (χ3v) is 3.60. The molecule has 3 unspecified atom stereocenters. The minimum Gasteiger partial charge on any atom is -0.171 e. The molecule has 1 rings (SSSR count). The number of hydrogen-bond donors (Lipinski definition) is 0. The van der Waals surface area contributed by atoms with Gasteiger partial charge in [-0.2, -0.15) is 13.2 Å². The zero-order valence-electron chi connectivity index (χ0n) is 6.74. The van der Waals surface area contributed by atoms with Gasteiger partial charge >= 0.3 is 6.18 Å². The van der Waals surface area contributed by atoms with E-state index in [4.69, 9.17) is 0 Å². The molecular weight excluding hydrogens is 280 g/mol. The van der Waals surface area contributed by atoms with Crippen LogP contribution >= 0.6 is 22.6 Å². The minimum atomic E-state index is -4.02. The van der Waals surface area contributed by atoms with Crippen LogP contribution in [0.4, 0.5) is 13.2 Å². The zero-order valence-corrected chi connectivity index (χ0v) is 8.89. The first-order valence-electron chi connectivity index (χ1n) is 3.95. The molecule has 1 radical (unpaired) electrons. The zero-order chi connectivity index (χ0) is 9.35. The molecule has 1 aliphatic rings. The Balaban J connectivity index is 2.61. The van der Waals surface area contributed by atoms with Gasteiger partial charge in [-0.05, 0) is 25.2 Å². The molecule has 0 aromatic carbocycles. The van der Waals surface area contributed by atoms with E-state index in [1.807, 2.05) is 29.5 Å². The van der Waals surface area contributed by atoms with Crippen molar-refractivity contribution in [2.75, 3.05) is 0 Å². The Morgan fingerprint density at radius 1 is 1.42 bits per heavy atom. The maximum absolute atomic E-state index is 12.3. The summed E-state index contributed by atoms with van der Waals surface area (Å²) >= 11 is 1.88. The Morgan fingerprint density at radius 3 is 2.42 bits per heavy atom. The van der Waals surface area contributed by atoms with Crippen molar-refractivity contribution in [3.8, 4) is 0 Å². The Labute approximate surface area is 84.0 Å². The quantitative estimate of drug-likeness (QED) is 0.472. The SMILES string of the molecule is CC1C[CH]C(I)C(C(F)(F)F)C1. The molecule has 0 nitrogen and oxygen atoms in total. The maximum Gasteiger partial charge on any atom is 0.392 e. The Morgan fingerprint density at radius 2 is 2.00 bits per heavy atom. The molecule has 0 heterocycles. The van der Waals surface area contributed by atoms with E-state index in [2.05, 4.69) is 0 Å². The van der Waals surface area contributed by atoms with Crippen molar-refractivity contribution in [1.82, 2.24) is 0 Å². The van der Waals surface area contributed by atoms with Crippen LogP contribution in [0, 0.1) is 18.3 Å². The van der Waals surface area contributed by atoms with Crippen molar-refractivity contribution >= 4 is 22.6 Å². The fraction of sp³-hybridized carbons (Fsp3) is 0.875. The van der Waals surface area contributed by atoms with Crippen molar-refractivity contribution in [2.24, 2.45) is 11.8 Å². The molecule has 0 aromatic rings. The molecule has 0 aliphatic heterocycles. The predicted octanol–water partition coefficient (Wildman–Crippen LogP) is 3.60. The van der Waals surface area contributed by atoms with Gasteiger partial charge in [-0.3, -0.25) is 0 Å². The van der Waals surface area contributed by atoms with Crippen LogP contribution in [0.1, 0.15) is 19.8 Å². The normalized spacial score (nSPS) is 38.2. The summed E-state index contributed by atoms with van der Waals surface area (Å²) in [5.74, 6) is -0.940. The van der Waals surface area contributed by atoms with Gasteiger partial charge in [0.05, 0.1) is 5.92 Å². The molecule has 4 heteroatoms. The third-order valence-electron chi connectivity index (χ3n) is 2.22. The molecule has 1 aliphatic carbocycles. The number of halogens is 4. The predicted molar refractivity (Wildman–Crippen MR) is 50.1 cm³/mol. The molecule has 1 saturated carbocycles. The van der Waals surface area contributed by atoms with Gasteiger partial charge in [0.1, 0.15) is 0 Å². The number of rotatable bonds is 0. The molecule has 0 aromatic heterocycles. The highest BCUT2D eigenvalue weighted by Gasteiger charge is 2.45. The molecule has 0 spiro atoms. The summed E-state index contributed by atoms with van der Waals surface area (Å²) in [6, 6.07) is 0. The third kappa shape index (κ3) is 2.50. The van der Waals surface area contributed by atoms with Gasteiger partial charge in [0.2, 0.25) is 0 Å². The van der Waals surface area contributed by atoms with Crippen LogP contribution < -0.4 is 0 Å². The number of alkyl halides is 4. The monoisotopic (exact) mass is 291 g/mol. The van der Waals surface area contributed by atoms with E-state index < -0.39 is 12.1 Å². The lowest BCUT2D eigenvalue weighted by Crippen LogP contribution is -2.36. The van der Waals surface area contributed by atoms with Crippen molar-refractivity contribution in [1.29, 1.82) is 0 Å². The lowest BCUT2D eigenvalue weighted by molar-refractivity contribution is -0.178. The topological polar surface area (TPSA) is 0 Å². The summed E-state index contributed by atoms with van der Waals surface area (Å²) in [5.41, 5.74) is 0. The van der Waals surface area contributed by atoms with E-state index in [-0.39, 0.29) is 16.3 Å². The molecule has 0 amide bonds. The first-order valence-corrected chi connectivity index (χ1v) is 5.20. The molecule has 3 atom stereocenters. The van der Waals surface area contributed by atoms with Crippen molar-refractivity contribution < 1.29 is 13.2 Å². The van der Waals surface area contributed by atoms with Crippen LogP contribution in [0.3, 0.4) is 0 Å². The second-order valence-corrected chi connectivity index (χ2v) is 4.84. The van der Waals surface area contributed by atoms with Crippen LogP contribution in [-0.4, -0.2) is 10.1 Å². The van der Waals surface area contributed by atoms with E-state index in [0.717, 1.165) is 6.42 Å². The van der Waals surface area contributed by atoms with Crippen LogP contribution in [0.2, 0.25) is 0 Å². The van der Waals surface area contributed by atoms with E-state index in [0.29, 0.717) is 0 Å². The van der Waals surface area contributed by atoms with Crippen molar-refractivity contribution in [3.63, 3.8) is 0 Å². The van der Waals surface area contributed by atoms with Crippen LogP contribution in [0.5, 0.6) is 0 Å². The minimum absolute atomic E-state index is 0.183. The molecule has 12 heavy (non-hydrogen) atoms. The summed E-state index contributed by atoms with van der Waals surface area (Å²) in [7, 11) is 0. The van der Waals surface area contributed by atoms with E-state index >= 15 is 0 Å². The summed E-state index contributed by atoms with van der Waals surface area (Å²) in [6.45, 7) is 1.87. The van der Waals surface area contributed by atoms with E-state index in [1.54, 1.807) is 6.42 Å². The van der Waals surface area contributed by atoms with Crippen LogP contribution in [-0.2, 0) is 0 Å². The molecule has 71 valence electrons. The molecule has 0 saturated heterocycles. The highest BCUT2D eigenvalue weighted by Crippen LogP contribution is 2.42. The largest absolute Gasteiger partial charge is 0.392 e. The summed E-state index contributed by atoms with van der Waals surface area (Å²) in [4.78, 5) is 0. The van der Waals surface area contributed by atoms with Crippen molar-refractivity contribution in [3.05, 3.63) is 6.42 Å². The lowest BCUT2D eigenvalue weighted by Gasteiger charge is -2.32. The summed E-state index contributed by atoms with van der Waals surface area (Å²) in [6.07, 6.45) is -1.13. The fourth-order valence-electron chi connectivity index (χ4n) is 1.50.